The molecule has 2 heterocycles. The molecule has 0 bridgehead atoms. The molecule has 4 heteroatoms. The van der Waals surface area contributed by atoms with Gasteiger partial charge in [-0.2, -0.15) is 0 Å². The van der Waals surface area contributed by atoms with E-state index in [1.165, 1.54) is 11.3 Å². The number of anilines is 1. The zero-order valence-electron chi connectivity index (χ0n) is 14.4. The third-order valence-electron chi connectivity index (χ3n) is 5.53. The molecule has 0 aliphatic carbocycles. The van der Waals surface area contributed by atoms with Crippen LogP contribution in [-0.4, -0.2) is 18.1 Å². The van der Waals surface area contributed by atoms with Crippen molar-refractivity contribution < 1.29 is 4.79 Å². The number of para-hydroxylation sites is 1. The fourth-order valence-corrected chi connectivity index (χ4v) is 4.37. The quantitative estimate of drug-likeness (QED) is 0.811. The van der Waals surface area contributed by atoms with Crippen LogP contribution < -0.4 is 10.2 Å². The van der Waals surface area contributed by atoms with E-state index < -0.39 is 5.66 Å². The summed E-state index contributed by atoms with van der Waals surface area (Å²) in [6.07, 6.45) is 4.80. The van der Waals surface area contributed by atoms with Gasteiger partial charge in [0.2, 0.25) is 5.91 Å². The summed E-state index contributed by atoms with van der Waals surface area (Å²) in [5, 5.41) is 3.30. The molecular formula is C21H21BrN2O. The van der Waals surface area contributed by atoms with Gasteiger partial charge in [0.1, 0.15) is 5.66 Å². The summed E-state index contributed by atoms with van der Waals surface area (Å²) in [5.74, 6) is 0.109. The highest BCUT2D eigenvalue weighted by atomic mass is 79.9. The summed E-state index contributed by atoms with van der Waals surface area (Å²) in [6.45, 7) is 5.16. The van der Waals surface area contributed by atoms with Crippen molar-refractivity contribution in [2.24, 2.45) is 0 Å². The first kappa shape index (κ1) is 16.4. The number of carbonyl (C=O) groups is 1. The Morgan fingerprint density at radius 2 is 1.84 bits per heavy atom. The molecule has 0 radical (unpaired) electrons. The van der Waals surface area contributed by atoms with Gasteiger partial charge in [-0.05, 0) is 35.4 Å². The molecule has 4 rings (SSSR count). The Morgan fingerprint density at radius 3 is 2.60 bits per heavy atom. The topological polar surface area (TPSA) is 32.3 Å². The van der Waals surface area contributed by atoms with Crippen LogP contribution in [0.25, 0.3) is 6.08 Å². The van der Waals surface area contributed by atoms with Crippen molar-refractivity contribution in [3.05, 3.63) is 70.2 Å². The summed E-state index contributed by atoms with van der Waals surface area (Å²) < 4.78 is 1.06. The molecule has 1 unspecified atom stereocenters. The number of fused-ring (bicyclic) bond motifs is 3. The summed E-state index contributed by atoms with van der Waals surface area (Å²) >= 11 is 3.47. The number of nitrogens with one attached hydrogen (secondary N) is 1. The summed E-state index contributed by atoms with van der Waals surface area (Å²) in [6, 6.07) is 16.7. The monoisotopic (exact) mass is 396 g/mol. The van der Waals surface area contributed by atoms with Gasteiger partial charge in [-0.15, -0.1) is 0 Å². The van der Waals surface area contributed by atoms with Gasteiger partial charge in [-0.3, -0.25) is 4.79 Å². The average molecular weight is 397 g/mol. The van der Waals surface area contributed by atoms with E-state index in [1.54, 1.807) is 0 Å². The van der Waals surface area contributed by atoms with E-state index in [9.17, 15) is 4.79 Å². The molecule has 128 valence electrons. The number of hydrogen-bond donors (Lipinski definition) is 1. The largest absolute Gasteiger partial charge is 0.344 e. The van der Waals surface area contributed by atoms with Crippen molar-refractivity contribution in [1.29, 1.82) is 0 Å². The van der Waals surface area contributed by atoms with Gasteiger partial charge < -0.3 is 10.2 Å². The van der Waals surface area contributed by atoms with Gasteiger partial charge in [0.15, 0.2) is 0 Å². The first-order valence-electron chi connectivity index (χ1n) is 8.57. The predicted molar refractivity (Wildman–Crippen MR) is 105 cm³/mol. The molecule has 1 N–H and O–H groups in total. The number of halogens is 1. The summed E-state index contributed by atoms with van der Waals surface area (Å²) in [5.41, 5.74) is 2.83. The molecule has 0 aromatic heterocycles. The molecule has 1 amide bonds. The van der Waals surface area contributed by atoms with Crippen LogP contribution in [0.3, 0.4) is 0 Å². The van der Waals surface area contributed by atoms with Crippen LogP contribution in [0.2, 0.25) is 0 Å². The lowest BCUT2D eigenvalue weighted by molar-refractivity contribution is -0.124. The number of hydrogen-bond acceptors (Lipinski definition) is 2. The highest BCUT2D eigenvalue weighted by Crippen LogP contribution is 2.52. The number of carbonyl (C=O) groups excluding carboxylic acids is 1. The average Bonchev–Trinajstić information content (AvgIpc) is 2.79. The van der Waals surface area contributed by atoms with Crippen LogP contribution in [-0.2, 0) is 10.2 Å². The van der Waals surface area contributed by atoms with E-state index in [-0.39, 0.29) is 11.3 Å². The minimum Gasteiger partial charge on any atom is -0.344 e. The second-order valence-corrected chi connectivity index (χ2v) is 8.16. The SMILES string of the molecule is CC1(C)c2ccccc2N2CCC(=O)NC21/C=C/c1ccc(Br)cc1. The van der Waals surface area contributed by atoms with Crippen LogP contribution in [0.4, 0.5) is 5.69 Å². The Kier molecular flexibility index (Phi) is 3.76. The van der Waals surface area contributed by atoms with Crippen LogP contribution in [0, 0.1) is 0 Å². The van der Waals surface area contributed by atoms with Crippen molar-refractivity contribution in [1.82, 2.24) is 5.32 Å². The molecule has 2 aliphatic heterocycles. The molecule has 3 nitrogen and oxygen atoms in total. The fourth-order valence-electron chi connectivity index (χ4n) is 4.11. The summed E-state index contributed by atoms with van der Waals surface area (Å²) in [7, 11) is 0. The number of amides is 1. The predicted octanol–water partition coefficient (Wildman–Crippen LogP) is 4.48. The van der Waals surface area contributed by atoms with Crippen molar-refractivity contribution >= 4 is 33.6 Å². The van der Waals surface area contributed by atoms with E-state index in [4.69, 9.17) is 0 Å². The van der Waals surface area contributed by atoms with E-state index in [2.05, 4.69) is 88.5 Å². The van der Waals surface area contributed by atoms with Gasteiger partial charge in [-0.25, -0.2) is 0 Å². The maximum absolute atomic E-state index is 12.3. The summed E-state index contributed by atoms with van der Waals surface area (Å²) in [4.78, 5) is 14.7. The fraction of sp³-hybridized carbons (Fsp3) is 0.286. The Morgan fingerprint density at radius 1 is 1.12 bits per heavy atom. The second kappa shape index (κ2) is 5.73. The number of rotatable bonds is 2. The maximum Gasteiger partial charge on any atom is 0.223 e. The minimum absolute atomic E-state index is 0.109. The van der Waals surface area contributed by atoms with Crippen LogP contribution in [0.1, 0.15) is 31.4 Å². The van der Waals surface area contributed by atoms with E-state index in [1.807, 2.05) is 12.1 Å². The standard InChI is InChI=1S/C21H21BrN2O/c1-20(2)17-5-3-4-6-18(17)24-14-12-19(25)23-21(20,24)13-11-15-7-9-16(22)10-8-15/h3-11,13H,12,14H2,1-2H3,(H,23,25)/b13-11+. The van der Waals surface area contributed by atoms with Gasteiger partial charge in [0.25, 0.3) is 0 Å². The highest BCUT2D eigenvalue weighted by molar-refractivity contribution is 9.10. The molecule has 1 saturated heterocycles. The van der Waals surface area contributed by atoms with Gasteiger partial charge in [-0.1, -0.05) is 66.2 Å². The minimum atomic E-state index is -0.543. The Hall–Kier alpha value is -2.07. The number of benzene rings is 2. The normalized spacial score (nSPS) is 24.1. The molecule has 0 spiro atoms. The molecule has 25 heavy (non-hydrogen) atoms. The lowest BCUT2D eigenvalue weighted by Gasteiger charge is -2.49. The van der Waals surface area contributed by atoms with Crippen LogP contribution in [0.5, 0.6) is 0 Å². The van der Waals surface area contributed by atoms with E-state index >= 15 is 0 Å². The van der Waals surface area contributed by atoms with Crippen molar-refractivity contribution in [2.75, 3.05) is 11.4 Å². The molecule has 2 aromatic carbocycles. The number of nitrogens with zero attached hydrogens (tertiary/aromatic N) is 1. The van der Waals surface area contributed by atoms with Crippen molar-refractivity contribution in [3.63, 3.8) is 0 Å². The first-order chi connectivity index (χ1) is 11.9. The van der Waals surface area contributed by atoms with Gasteiger partial charge in [0, 0.05) is 28.5 Å². The zero-order valence-corrected chi connectivity index (χ0v) is 16.0. The third-order valence-corrected chi connectivity index (χ3v) is 6.05. The third kappa shape index (κ3) is 2.43. The molecular weight excluding hydrogens is 376 g/mol. The Balaban J connectivity index is 1.83. The second-order valence-electron chi connectivity index (χ2n) is 7.24. The molecule has 1 atom stereocenters. The Bertz CT molecular complexity index is 856. The van der Waals surface area contributed by atoms with Crippen molar-refractivity contribution in [2.45, 2.75) is 31.3 Å². The smallest absolute Gasteiger partial charge is 0.223 e. The van der Waals surface area contributed by atoms with Gasteiger partial charge in [0.05, 0.1) is 0 Å². The first-order valence-corrected chi connectivity index (χ1v) is 9.36. The molecule has 1 fully saturated rings. The van der Waals surface area contributed by atoms with Crippen molar-refractivity contribution in [3.8, 4) is 0 Å². The molecule has 0 saturated carbocycles. The van der Waals surface area contributed by atoms with E-state index in [0.29, 0.717) is 6.42 Å². The zero-order chi connectivity index (χ0) is 17.7. The lowest BCUT2D eigenvalue weighted by atomic mass is 9.74. The molecule has 2 aliphatic rings. The molecule has 2 aromatic rings. The van der Waals surface area contributed by atoms with Crippen LogP contribution >= 0.6 is 15.9 Å². The van der Waals surface area contributed by atoms with E-state index in [0.717, 1.165) is 16.6 Å². The maximum atomic E-state index is 12.3. The van der Waals surface area contributed by atoms with Gasteiger partial charge >= 0.3 is 0 Å². The lowest BCUT2D eigenvalue weighted by Crippen LogP contribution is -2.68. The Labute approximate surface area is 156 Å². The highest BCUT2D eigenvalue weighted by Gasteiger charge is 2.57. The van der Waals surface area contributed by atoms with Crippen LogP contribution in [0.15, 0.2) is 59.1 Å².